The lowest BCUT2D eigenvalue weighted by atomic mass is 10.1. The van der Waals surface area contributed by atoms with Crippen LogP contribution in [0.15, 0.2) is 24.3 Å². The summed E-state index contributed by atoms with van der Waals surface area (Å²) in [6.07, 6.45) is 15.0. The van der Waals surface area contributed by atoms with E-state index < -0.39 is 0 Å². The average Bonchev–Trinajstić information content (AvgIpc) is 2.91. The minimum absolute atomic E-state index is 0.291. The van der Waals surface area contributed by atoms with Crippen molar-refractivity contribution in [2.24, 2.45) is 0 Å². The van der Waals surface area contributed by atoms with Gasteiger partial charge in [-0.05, 0) is 50.2 Å². The van der Waals surface area contributed by atoms with Crippen molar-refractivity contribution in [2.75, 3.05) is 39.6 Å². The molecule has 0 N–H and O–H groups in total. The summed E-state index contributed by atoms with van der Waals surface area (Å²) >= 11 is 0. The van der Waals surface area contributed by atoms with E-state index in [-0.39, 0.29) is 11.9 Å². The number of carbonyl (C=O) groups is 2. The van der Waals surface area contributed by atoms with Crippen LogP contribution in [0.3, 0.4) is 0 Å². The summed E-state index contributed by atoms with van der Waals surface area (Å²) in [5.74, 6) is -0.736. The van der Waals surface area contributed by atoms with Crippen molar-refractivity contribution in [1.29, 1.82) is 0 Å². The molecule has 0 amide bonds. The molecule has 0 aliphatic rings. The molecule has 0 unspecified atom stereocenters. The Kier molecular flexibility index (Phi) is 18.9. The van der Waals surface area contributed by atoms with Gasteiger partial charge < -0.3 is 9.47 Å². The van der Waals surface area contributed by atoms with Gasteiger partial charge in [0, 0.05) is 13.1 Å². The zero-order valence-electron chi connectivity index (χ0n) is 23.6. The predicted molar refractivity (Wildman–Crippen MR) is 148 cm³/mol. The monoisotopic (exact) mass is 504 g/mol. The molecule has 0 heterocycles. The molecule has 0 fully saturated rings. The standard InChI is InChI=1S/C30H52N2O4/c1-5-9-11-13-15-17-23-31(7-3)25-35-29(33)27-19-21-28(22-20-27)30(34)36-26-32(8-4)24-18-16-14-12-10-6-2/h19-22H,5-18,23-26H2,1-4H3. The van der Waals surface area contributed by atoms with E-state index in [0.717, 1.165) is 39.0 Å². The summed E-state index contributed by atoms with van der Waals surface area (Å²) in [5.41, 5.74) is 0.890. The minimum atomic E-state index is -0.368. The van der Waals surface area contributed by atoms with Gasteiger partial charge in [-0.15, -0.1) is 0 Å². The number of esters is 2. The molecule has 0 saturated heterocycles. The summed E-state index contributed by atoms with van der Waals surface area (Å²) in [5, 5.41) is 0. The molecule has 206 valence electrons. The van der Waals surface area contributed by atoms with E-state index >= 15 is 0 Å². The van der Waals surface area contributed by atoms with Crippen LogP contribution in [-0.2, 0) is 9.47 Å². The van der Waals surface area contributed by atoms with Crippen molar-refractivity contribution in [1.82, 2.24) is 9.80 Å². The SMILES string of the molecule is CCCCCCCCN(CC)COC(=O)c1ccc(C(=O)OCN(CC)CCCCCCCC)cc1. The van der Waals surface area contributed by atoms with Gasteiger partial charge in [0.2, 0.25) is 0 Å². The number of nitrogens with zero attached hydrogens (tertiary/aromatic N) is 2. The number of hydrogen-bond acceptors (Lipinski definition) is 6. The van der Waals surface area contributed by atoms with E-state index in [2.05, 4.69) is 37.5 Å². The average molecular weight is 505 g/mol. The van der Waals surface area contributed by atoms with E-state index in [1.807, 2.05) is 0 Å². The quantitative estimate of drug-likeness (QED) is 0.0939. The molecular formula is C30H52N2O4. The first-order valence-corrected chi connectivity index (χ1v) is 14.4. The second kappa shape index (κ2) is 21.2. The molecule has 1 rings (SSSR count). The lowest BCUT2D eigenvalue weighted by Crippen LogP contribution is -2.29. The Hall–Kier alpha value is -1.92. The van der Waals surface area contributed by atoms with Crippen LogP contribution < -0.4 is 0 Å². The predicted octanol–water partition coefficient (Wildman–Crippen LogP) is 7.28. The van der Waals surface area contributed by atoms with Crippen LogP contribution in [0.1, 0.15) is 125 Å². The Balaban J connectivity index is 2.35. The number of rotatable bonds is 22. The number of carbonyl (C=O) groups excluding carboxylic acids is 2. The molecule has 0 saturated carbocycles. The molecule has 1 aromatic carbocycles. The largest absolute Gasteiger partial charge is 0.446 e. The molecule has 0 aromatic heterocycles. The van der Waals surface area contributed by atoms with E-state index in [1.54, 1.807) is 24.3 Å². The maximum Gasteiger partial charge on any atom is 0.339 e. The van der Waals surface area contributed by atoms with Crippen LogP contribution in [0.4, 0.5) is 0 Å². The molecule has 6 nitrogen and oxygen atoms in total. The van der Waals surface area contributed by atoms with E-state index in [1.165, 1.54) is 64.2 Å². The summed E-state index contributed by atoms with van der Waals surface area (Å²) in [4.78, 5) is 29.2. The Morgan fingerprint density at radius 1 is 0.556 bits per heavy atom. The number of ether oxygens (including phenoxy) is 2. The first kappa shape index (κ1) is 32.1. The van der Waals surface area contributed by atoms with E-state index in [0.29, 0.717) is 24.6 Å². The molecule has 0 radical (unpaired) electrons. The Bertz CT molecular complexity index is 634. The Morgan fingerprint density at radius 3 is 1.22 bits per heavy atom. The molecule has 6 heteroatoms. The van der Waals surface area contributed by atoms with Gasteiger partial charge in [0.15, 0.2) is 0 Å². The van der Waals surface area contributed by atoms with Gasteiger partial charge in [-0.2, -0.15) is 0 Å². The second-order valence-corrected chi connectivity index (χ2v) is 9.66. The summed E-state index contributed by atoms with van der Waals surface area (Å²) in [7, 11) is 0. The molecule has 36 heavy (non-hydrogen) atoms. The molecule has 0 spiro atoms. The van der Waals surface area contributed by atoms with E-state index in [4.69, 9.17) is 9.47 Å². The van der Waals surface area contributed by atoms with Crippen molar-refractivity contribution < 1.29 is 19.1 Å². The summed E-state index contributed by atoms with van der Waals surface area (Å²) in [6, 6.07) is 6.54. The third-order valence-corrected chi connectivity index (χ3v) is 6.66. The van der Waals surface area contributed by atoms with Crippen LogP contribution in [0.25, 0.3) is 0 Å². The van der Waals surface area contributed by atoms with Crippen LogP contribution in [0.5, 0.6) is 0 Å². The Morgan fingerprint density at radius 2 is 0.889 bits per heavy atom. The van der Waals surface area contributed by atoms with Crippen LogP contribution in [0.2, 0.25) is 0 Å². The fourth-order valence-electron chi connectivity index (χ4n) is 4.07. The lowest BCUT2D eigenvalue weighted by molar-refractivity contribution is 0.0211. The van der Waals surface area contributed by atoms with Gasteiger partial charge in [0.05, 0.1) is 11.1 Å². The topological polar surface area (TPSA) is 59.1 Å². The molecule has 0 aliphatic carbocycles. The first-order valence-electron chi connectivity index (χ1n) is 14.4. The van der Waals surface area contributed by atoms with Gasteiger partial charge in [0.1, 0.15) is 13.5 Å². The fraction of sp³-hybridized carbons (Fsp3) is 0.733. The number of hydrogen-bond donors (Lipinski definition) is 0. The molecule has 0 bridgehead atoms. The van der Waals surface area contributed by atoms with Crippen molar-refractivity contribution in [2.45, 2.75) is 105 Å². The number of benzene rings is 1. The molecule has 0 atom stereocenters. The van der Waals surface area contributed by atoms with Gasteiger partial charge in [-0.25, -0.2) is 9.59 Å². The second-order valence-electron chi connectivity index (χ2n) is 9.66. The fourth-order valence-corrected chi connectivity index (χ4v) is 4.07. The highest BCUT2D eigenvalue weighted by molar-refractivity contribution is 5.93. The lowest BCUT2D eigenvalue weighted by Gasteiger charge is -2.20. The zero-order valence-corrected chi connectivity index (χ0v) is 23.6. The van der Waals surface area contributed by atoms with Crippen molar-refractivity contribution in [3.63, 3.8) is 0 Å². The molecule has 1 aromatic rings. The highest BCUT2D eigenvalue weighted by Crippen LogP contribution is 2.10. The maximum absolute atomic E-state index is 12.5. The maximum atomic E-state index is 12.5. The highest BCUT2D eigenvalue weighted by atomic mass is 16.5. The van der Waals surface area contributed by atoms with E-state index in [9.17, 15) is 9.59 Å². The third-order valence-electron chi connectivity index (χ3n) is 6.66. The van der Waals surface area contributed by atoms with Crippen molar-refractivity contribution >= 4 is 11.9 Å². The smallest absolute Gasteiger partial charge is 0.339 e. The van der Waals surface area contributed by atoms with Gasteiger partial charge in [0.25, 0.3) is 0 Å². The molecular weight excluding hydrogens is 452 g/mol. The van der Waals surface area contributed by atoms with Crippen molar-refractivity contribution in [3.8, 4) is 0 Å². The number of unbranched alkanes of at least 4 members (excludes halogenated alkanes) is 10. The Labute approximate surface area is 220 Å². The van der Waals surface area contributed by atoms with Gasteiger partial charge in [-0.3, -0.25) is 9.80 Å². The van der Waals surface area contributed by atoms with Crippen LogP contribution in [0, 0.1) is 0 Å². The van der Waals surface area contributed by atoms with Gasteiger partial charge >= 0.3 is 11.9 Å². The van der Waals surface area contributed by atoms with Crippen molar-refractivity contribution in [3.05, 3.63) is 35.4 Å². The first-order chi connectivity index (χ1) is 17.5. The summed E-state index contributed by atoms with van der Waals surface area (Å²) < 4.78 is 11.0. The zero-order chi connectivity index (χ0) is 26.4. The summed E-state index contributed by atoms with van der Waals surface area (Å²) in [6.45, 7) is 12.8. The highest BCUT2D eigenvalue weighted by Gasteiger charge is 2.13. The minimum Gasteiger partial charge on any atom is -0.446 e. The van der Waals surface area contributed by atoms with Crippen LogP contribution in [-0.4, -0.2) is 61.4 Å². The van der Waals surface area contributed by atoms with Crippen LogP contribution >= 0.6 is 0 Å². The normalized spacial score (nSPS) is 11.3. The molecule has 0 aliphatic heterocycles. The third kappa shape index (κ3) is 14.6. The van der Waals surface area contributed by atoms with Gasteiger partial charge in [-0.1, -0.05) is 91.9 Å².